The summed E-state index contributed by atoms with van der Waals surface area (Å²) in [6, 6.07) is 0. The molecule has 5 heteroatoms. The van der Waals surface area contributed by atoms with Gasteiger partial charge in [-0.05, 0) is 51.4 Å². The molecule has 1 unspecified atom stereocenters. The van der Waals surface area contributed by atoms with Gasteiger partial charge in [0.15, 0.2) is 6.10 Å². The summed E-state index contributed by atoms with van der Waals surface area (Å²) in [5.41, 5.74) is 0. The summed E-state index contributed by atoms with van der Waals surface area (Å²) in [6.45, 7) is 4.00. The fourth-order valence-electron chi connectivity index (χ4n) is 9.70. The zero-order valence-electron chi connectivity index (χ0n) is 49.4. The number of carbonyl (C=O) groups excluding carboxylic acids is 2. The molecule has 0 aliphatic rings. The summed E-state index contributed by atoms with van der Waals surface area (Å²) in [7, 11) is 0. The third-order valence-corrected chi connectivity index (χ3v) is 14.5. The number of aliphatic hydroxyl groups excluding tert-OH is 1. The summed E-state index contributed by atoms with van der Waals surface area (Å²) in [4.78, 5) is 24.5. The topological polar surface area (TPSA) is 72.8 Å². The van der Waals surface area contributed by atoms with E-state index in [-0.39, 0.29) is 25.6 Å². The molecule has 0 aliphatic carbocycles. The molecule has 0 bridgehead atoms. The molecule has 0 aromatic heterocycles. The van der Waals surface area contributed by atoms with Crippen molar-refractivity contribution in [2.75, 3.05) is 13.2 Å². The quantitative estimate of drug-likeness (QED) is 0.0373. The van der Waals surface area contributed by atoms with Crippen LogP contribution in [-0.4, -0.2) is 36.4 Å². The molecule has 0 heterocycles. The maximum atomic E-state index is 12.2. The van der Waals surface area contributed by atoms with E-state index < -0.39 is 12.1 Å². The molecule has 0 aromatic carbocycles. The van der Waals surface area contributed by atoms with Crippen molar-refractivity contribution < 1.29 is 24.2 Å². The molecule has 0 amide bonds. The summed E-state index contributed by atoms with van der Waals surface area (Å²) in [5, 5.41) is 9.64. The minimum Gasteiger partial charge on any atom is -0.462 e. The maximum absolute atomic E-state index is 12.2. The van der Waals surface area contributed by atoms with Gasteiger partial charge in [0.25, 0.3) is 0 Å². The van der Waals surface area contributed by atoms with E-state index in [4.69, 9.17) is 9.47 Å². The second kappa shape index (κ2) is 64.6. The van der Waals surface area contributed by atoms with E-state index in [9.17, 15) is 14.7 Å². The van der Waals surface area contributed by atoms with Crippen LogP contribution in [0.1, 0.15) is 335 Å². The smallest absolute Gasteiger partial charge is 0.306 e. The van der Waals surface area contributed by atoms with Gasteiger partial charge >= 0.3 is 11.9 Å². The van der Waals surface area contributed by atoms with Crippen molar-refractivity contribution in [3.05, 3.63) is 72.9 Å². The van der Waals surface area contributed by atoms with E-state index in [1.54, 1.807) is 0 Å². The first-order valence-electron chi connectivity index (χ1n) is 32.5. The van der Waals surface area contributed by atoms with Crippen molar-refractivity contribution in [1.82, 2.24) is 0 Å². The van der Waals surface area contributed by atoms with Crippen molar-refractivity contribution in [3.8, 4) is 0 Å². The van der Waals surface area contributed by atoms with E-state index in [2.05, 4.69) is 74.6 Å². The number of carbonyl (C=O) groups is 2. The maximum Gasteiger partial charge on any atom is 0.306 e. The minimum absolute atomic E-state index is 0.0965. The van der Waals surface area contributed by atoms with Crippen molar-refractivity contribution in [2.45, 2.75) is 341 Å². The van der Waals surface area contributed by atoms with Gasteiger partial charge in [0.1, 0.15) is 6.61 Å². The van der Waals surface area contributed by atoms with Crippen LogP contribution in [-0.2, 0) is 19.1 Å². The van der Waals surface area contributed by atoms with Crippen LogP contribution in [0.3, 0.4) is 0 Å². The van der Waals surface area contributed by atoms with Gasteiger partial charge in [0.2, 0.25) is 0 Å². The fraction of sp³-hybridized carbons (Fsp3) is 0.797. The molecule has 0 radical (unpaired) electrons. The summed E-state index contributed by atoms with van der Waals surface area (Å²) in [6.07, 6.45) is 89.6. The molecule has 1 atom stereocenters. The van der Waals surface area contributed by atoms with Crippen LogP contribution in [0.2, 0.25) is 0 Å². The first kappa shape index (κ1) is 71.3. The normalized spacial score (nSPS) is 12.6. The van der Waals surface area contributed by atoms with Crippen LogP contribution < -0.4 is 0 Å². The van der Waals surface area contributed by atoms with Crippen LogP contribution in [0.4, 0.5) is 0 Å². The van der Waals surface area contributed by atoms with Gasteiger partial charge < -0.3 is 14.6 Å². The average Bonchev–Trinajstić information content (AvgIpc) is 3.40. The van der Waals surface area contributed by atoms with Crippen molar-refractivity contribution >= 4 is 11.9 Å². The SMILES string of the molecule is CC/C=C\C/C=C\C/C=C\C/C=C\C/C=C\C/C=C\CCC(=O)OC(CO)COC(=O)CCCCCCCCCCCCCCCCCCCCCCCCCCCCCCCCCCCCCCCCCCC. The van der Waals surface area contributed by atoms with Crippen LogP contribution in [0.25, 0.3) is 0 Å². The van der Waals surface area contributed by atoms with Gasteiger partial charge in [-0.1, -0.05) is 344 Å². The highest BCUT2D eigenvalue weighted by atomic mass is 16.6. The zero-order chi connectivity index (χ0) is 53.4. The monoisotopic (exact) mass is 1030 g/mol. The molecule has 0 aliphatic heterocycles. The number of rotatable bonds is 60. The molecule has 74 heavy (non-hydrogen) atoms. The van der Waals surface area contributed by atoms with Crippen molar-refractivity contribution in [3.63, 3.8) is 0 Å². The fourth-order valence-corrected chi connectivity index (χ4v) is 9.70. The van der Waals surface area contributed by atoms with Crippen LogP contribution in [0.15, 0.2) is 72.9 Å². The van der Waals surface area contributed by atoms with E-state index in [0.29, 0.717) is 12.8 Å². The lowest BCUT2D eigenvalue weighted by Crippen LogP contribution is -2.28. The molecule has 0 fully saturated rings. The number of ether oxygens (including phenoxy) is 2. The molecule has 5 nitrogen and oxygen atoms in total. The van der Waals surface area contributed by atoms with Gasteiger partial charge in [-0.2, -0.15) is 0 Å². The number of esters is 2. The molecular formula is C69H124O5. The van der Waals surface area contributed by atoms with E-state index in [0.717, 1.165) is 57.8 Å². The molecule has 0 aromatic rings. The Hall–Kier alpha value is -2.66. The second-order valence-corrected chi connectivity index (χ2v) is 21.8. The van der Waals surface area contributed by atoms with E-state index in [1.807, 2.05) is 12.2 Å². The number of unbranched alkanes of at least 4 members (excludes halogenated alkanes) is 40. The predicted octanol–water partition coefficient (Wildman–Crippen LogP) is 22.3. The number of allylic oxidation sites excluding steroid dienone is 12. The van der Waals surface area contributed by atoms with Gasteiger partial charge in [0.05, 0.1) is 6.61 Å². The molecule has 0 saturated heterocycles. The Labute approximate surface area is 461 Å². The molecule has 0 saturated carbocycles. The van der Waals surface area contributed by atoms with Crippen LogP contribution in [0.5, 0.6) is 0 Å². The van der Waals surface area contributed by atoms with Gasteiger partial charge in [-0.25, -0.2) is 0 Å². The van der Waals surface area contributed by atoms with Crippen LogP contribution >= 0.6 is 0 Å². The summed E-state index contributed by atoms with van der Waals surface area (Å²) < 4.78 is 10.6. The highest BCUT2D eigenvalue weighted by molar-refractivity contribution is 5.70. The molecule has 0 rings (SSSR count). The first-order valence-corrected chi connectivity index (χ1v) is 32.5. The Balaban J connectivity index is 3.41. The van der Waals surface area contributed by atoms with E-state index >= 15 is 0 Å². The third kappa shape index (κ3) is 61.9. The lowest BCUT2D eigenvalue weighted by Gasteiger charge is -2.15. The van der Waals surface area contributed by atoms with Gasteiger partial charge in [0, 0.05) is 12.8 Å². The highest BCUT2D eigenvalue weighted by Crippen LogP contribution is 2.18. The number of hydrogen-bond donors (Lipinski definition) is 1. The largest absolute Gasteiger partial charge is 0.462 e. The molecular weight excluding hydrogens is 909 g/mol. The van der Waals surface area contributed by atoms with Gasteiger partial charge in [-0.3, -0.25) is 9.59 Å². The van der Waals surface area contributed by atoms with Crippen molar-refractivity contribution in [2.24, 2.45) is 0 Å². The van der Waals surface area contributed by atoms with E-state index in [1.165, 1.54) is 244 Å². The highest BCUT2D eigenvalue weighted by Gasteiger charge is 2.16. The standard InChI is InChI=1S/C69H124O5/c1-3-5-7-9-11-13-15-17-19-21-23-24-25-26-27-28-29-30-31-32-33-34-35-36-37-38-39-40-41-42-43-44-46-47-49-51-53-55-57-59-61-63-68(71)73-66-67(65-70)74-69(72)64-62-60-58-56-54-52-50-48-45-22-20-18-16-14-12-10-8-6-4-2/h6,8,12,14,18,20,45,48,52,54,58,60,67,70H,3-5,7,9-11,13,15-17,19,21-44,46-47,49-51,53,55-57,59,61-66H2,1-2H3/b8-6-,14-12-,20-18-,48-45-,54-52-,60-58-. The van der Waals surface area contributed by atoms with Crippen LogP contribution in [0, 0.1) is 0 Å². The molecule has 430 valence electrons. The summed E-state index contributed by atoms with van der Waals surface area (Å²) >= 11 is 0. The predicted molar refractivity (Wildman–Crippen MR) is 325 cm³/mol. The first-order chi connectivity index (χ1) is 36.6. The second-order valence-electron chi connectivity index (χ2n) is 21.8. The Bertz CT molecular complexity index is 1310. The Morgan fingerprint density at radius 1 is 0.324 bits per heavy atom. The number of aliphatic hydroxyl groups is 1. The Morgan fingerprint density at radius 2 is 0.581 bits per heavy atom. The molecule has 0 spiro atoms. The average molecular weight is 1030 g/mol. The summed E-state index contributed by atoms with van der Waals surface area (Å²) in [5.74, 6) is -0.680. The molecule has 1 N–H and O–H groups in total. The zero-order valence-corrected chi connectivity index (χ0v) is 49.4. The minimum atomic E-state index is -0.816. The van der Waals surface area contributed by atoms with Gasteiger partial charge in [-0.15, -0.1) is 0 Å². The third-order valence-electron chi connectivity index (χ3n) is 14.5. The van der Waals surface area contributed by atoms with Crippen molar-refractivity contribution in [1.29, 1.82) is 0 Å². The Kier molecular flexibility index (Phi) is 62.3. The lowest BCUT2D eigenvalue weighted by atomic mass is 10.0. The lowest BCUT2D eigenvalue weighted by molar-refractivity contribution is -0.161. The number of hydrogen-bond acceptors (Lipinski definition) is 5. The Morgan fingerprint density at radius 3 is 0.851 bits per heavy atom.